The van der Waals surface area contributed by atoms with Crippen molar-refractivity contribution in [1.82, 2.24) is 4.98 Å². The lowest BCUT2D eigenvalue weighted by atomic mass is 10.0. The maximum atomic E-state index is 9.48. The predicted molar refractivity (Wildman–Crippen MR) is 97.0 cm³/mol. The topological polar surface area (TPSA) is 52.7 Å². The van der Waals surface area contributed by atoms with Crippen LogP contribution in [0.1, 0.15) is 5.56 Å². The average Bonchev–Trinajstić information content (AvgIpc) is 3.06. The molecular weight excluding hydrogens is 316 g/mol. The number of hydrogen-bond acceptors (Lipinski definition) is 3. The third-order valence-corrected chi connectivity index (χ3v) is 4.23. The van der Waals surface area contributed by atoms with Gasteiger partial charge in [-0.2, -0.15) is 5.26 Å². The maximum Gasteiger partial charge on any atom is 0.151 e. The fourth-order valence-corrected chi connectivity index (χ4v) is 3.03. The Morgan fingerprint density at radius 2 is 1.71 bits per heavy atom. The van der Waals surface area contributed by atoms with E-state index in [0.29, 0.717) is 16.0 Å². The summed E-state index contributed by atoms with van der Waals surface area (Å²) in [5.74, 6) is 0.698. The zero-order valence-corrected chi connectivity index (χ0v) is 13.4. The minimum Gasteiger partial charge on any atom is -0.455 e. The van der Waals surface area contributed by atoms with Crippen molar-refractivity contribution in [1.29, 1.82) is 5.26 Å². The highest BCUT2D eigenvalue weighted by Crippen LogP contribution is 2.31. The second-order valence-corrected chi connectivity index (χ2v) is 5.84. The Morgan fingerprint density at radius 3 is 2.46 bits per heavy atom. The molecule has 0 saturated heterocycles. The summed E-state index contributed by atoms with van der Waals surface area (Å²) in [4.78, 5) is 3.11. The highest BCUT2D eigenvalue weighted by Gasteiger charge is 2.13. The molecule has 0 aliphatic rings. The molecule has 0 fully saturated rings. The van der Waals surface area contributed by atoms with Crippen molar-refractivity contribution in [2.45, 2.75) is 0 Å². The first-order valence-electron chi connectivity index (χ1n) is 7.48. The van der Waals surface area contributed by atoms with Gasteiger partial charge in [0.15, 0.2) is 5.76 Å². The number of nitrogens with one attached hydrogen (secondary N) is 1. The standard InChI is InChI=1S/C20H12N2OS/c21-12-16-15(13-6-2-1-3-7-13)11-17(22-20(16)24)19-10-14-8-4-5-9-18(14)23-19/h1-11H,(H,22,24). The average molecular weight is 328 g/mol. The highest BCUT2D eigenvalue weighted by molar-refractivity contribution is 7.71. The molecule has 4 heteroatoms. The van der Waals surface area contributed by atoms with E-state index >= 15 is 0 Å². The molecule has 0 spiro atoms. The Balaban J connectivity index is 1.96. The fourth-order valence-electron chi connectivity index (χ4n) is 2.76. The van der Waals surface area contributed by atoms with Crippen molar-refractivity contribution in [3.8, 4) is 28.7 Å². The Bertz CT molecular complexity index is 1100. The quantitative estimate of drug-likeness (QED) is 0.480. The molecule has 3 nitrogen and oxygen atoms in total. The van der Waals surface area contributed by atoms with Crippen LogP contribution in [0.3, 0.4) is 0 Å². The molecule has 0 amide bonds. The number of nitrogens with zero attached hydrogens (tertiary/aromatic N) is 1. The summed E-state index contributed by atoms with van der Waals surface area (Å²) in [6, 6.07) is 23.7. The van der Waals surface area contributed by atoms with Gasteiger partial charge in [0.2, 0.25) is 0 Å². The Hall–Kier alpha value is -3.16. The van der Waals surface area contributed by atoms with E-state index in [2.05, 4.69) is 11.1 Å². The number of pyridine rings is 1. The Labute approximate surface area is 143 Å². The first-order valence-corrected chi connectivity index (χ1v) is 7.89. The molecule has 2 aromatic heterocycles. The molecule has 0 unspecified atom stereocenters. The monoisotopic (exact) mass is 328 g/mol. The van der Waals surface area contributed by atoms with Crippen LogP contribution in [-0.2, 0) is 0 Å². The number of rotatable bonds is 2. The summed E-state index contributed by atoms with van der Waals surface area (Å²) in [6.07, 6.45) is 0. The third kappa shape index (κ3) is 2.41. The van der Waals surface area contributed by atoms with Crippen molar-refractivity contribution in [2.75, 3.05) is 0 Å². The van der Waals surface area contributed by atoms with Crippen LogP contribution in [0.15, 0.2) is 71.1 Å². The highest BCUT2D eigenvalue weighted by atomic mass is 32.1. The van der Waals surface area contributed by atoms with Crippen LogP contribution in [0.4, 0.5) is 0 Å². The molecule has 0 atom stereocenters. The van der Waals surface area contributed by atoms with Gasteiger partial charge in [-0.05, 0) is 23.8 Å². The summed E-state index contributed by atoms with van der Waals surface area (Å²) >= 11 is 5.39. The normalized spacial score (nSPS) is 10.6. The third-order valence-electron chi connectivity index (χ3n) is 3.92. The summed E-state index contributed by atoms with van der Waals surface area (Å²) in [7, 11) is 0. The first kappa shape index (κ1) is 14.4. The number of para-hydroxylation sites is 1. The predicted octanol–water partition coefficient (Wildman–Crippen LogP) is 5.70. The van der Waals surface area contributed by atoms with Crippen LogP contribution in [0.5, 0.6) is 0 Å². The van der Waals surface area contributed by atoms with E-state index in [4.69, 9.17) is 16.6 Å². The summed E-state index contributed by atoms with van der Waals surface area (Å²) in [6.45, 7) is 0. The molecule has 0 radical (unpaired) electrons. The zero-order chi connectivity index (χ0) is 16.5. The molecule has 24 heavy (non-hydrogen) atoms. The lowest BCUT2D eigenvalue weighted by Crippen LogP contribution is -1.92. The molecule has 2 heterocycles. The van der Waals surface area contributed by atoms with Gasteiger partial charge in [-0.3, -0.25) is 0 Å². The van der Waals surface area contributed by atoms with Crippen LogP contribution < -0.4 is 0 Å². The van der Waals surface area contributed by atoms with Gasteiger partial charge >= 0.3 is 0 Å². The smallest absolute Gasteiger partial charge is 0.151 e. The molecular formula is C20H12N2OS. The van der Waals surface area contributed by atoms with Gasteiger partial charge in [-0.15, -0.1) is 0 Å². The Kier molecular flexibility index (Phi) is 3.49. The largest absolute Gasteiger partial charge is 0.455 e. The minimum absolute atomic E-state index is 0.411. The van der Waals surface area contributed by atoms with Gasteiger partial charge < -0.3 is 9.40 Å². The zero-order valence-electron chi connectivity index (χ0n) is 12.6. The van der Waals surface area contributed by atoms with E-state index in [-0.39, 0.29) is 0 Å². The van der Waals surface area contributed by atoms with Gasteiger partial charge in [0.05, 0.1) is 11.3 Å². The molecule has 2 aromatic carbocycles. The van der Waals surface area contributed by atoms with E-state index in [1.54, 1.807) is 0 Å². The molecule has 4 rings (SSSR count). The van der Waals surface area contributed by atoms with E-state index in [0.717, 1.165) is 27.8 Å². The molecule has 1 N–H and O–H groups in total. The van der Waals surface area contributed by atoms with E-state index in [1.807, 2.05) is 66.7 Å². The molecule has 0 aliphatic carbocycles. The number of fused-ring (bicyclic) bond motifs is 1. The lowest BCUT2D eigenvalue weighted by Gasteiger charge is -2.07. The number of aromatic nitrogens is 1. The lowest BCUT2D eigenvalue weighted by molar-refractivity contribution is 0.628. The number of furan rings is 1. The van der Waals surface area contributed by atoms with Crippen LogP contribution in [-0.4, -0.2) is 4.98 Å². The molecule has 4 aromatic rings. The maximum absolute atomic E-state index is 9.48. The van der Waals surface area contributed by atoms with Crippen molar-refractivity contribution in [2.24, 2.45) is 0 Å². The summed E-state index contributed by atoms with van der Waals surface area (Å²) < 4.78 is 6.32. The Morgan fingerprint density at radius 1 is 0.958 bits per heavy atom. The van der Waals surface area contributed by atoms with E-state index in [9.17, 15) is 5.26 Å². The van der Waals surface area contributed by atoms with Gasteiger partial charge in [-0.1, -0.05) is 60.7 Å². The van der Waals surface area contributed by atoms with Crippen molar-refractivity contribution >= 4 is 23.2 Å². The second-order valence-electron chi connectivity index (χ2n) is 5.43. The second kappa shape index (κ2) is 5.80. The number of hydrogen-bond donors (Lipinski definition) is 1. The van der Waals surface area contributed by atoms with Gasteiger partial charge in [0.25, 0.3) is 0 Å². The molecule has 114 valence electrons. The summed E-state index contributed by atoms with van der Waals surface area (Å²) in [5, 5.41) is 10.5. The first-order chi connectivity index (χ1) is 11.8. The SMILES string of the molecule is N#Cc1c(-c2ccccc2)cc(-c2cc3ccccc3o2)[nH]c1=S. The number of aromatic amines is 1. The van der Waals surface area contributed by atoms with Crippen molar-refractivity contribution in [3.63, 3.8) is 0 Å². The number of benzene rings is 2. The van der Waals surface area contributed by atoms with E-state index < -0.39 is 0 Å². The molecule has 0 bridgehead atoms. The van der Waals surface area contributed by atoms with Gasteiger partial charge in [0, 0.05) is 10.9 Å². The number of H-pyrrole nitrogens is 1. The van der Waals surface area contributed by atoms with Crippen LogP contribution >= 0.6 is 12.2 Å². The van der Waals surface area contributed by atoms with Crippen LogP contribution in [0.25, 0.3) is 33.6 Å². The molecule has 0 saturated carbocycles. The summed E-state index contributed by atoms with van der Waals surface area (Å²) in [5.41, 5.74) is 3.80. The number of nitriles is 1. The minimum atomic E-state index is 0.411. The van der Waals surface area contributed by atoms with Crippen LogP contribution in [0, 0.1) is 16.0 Å². The van der Waals surface area contributed by atoms with Gasteiger partial charge in [0.1, 0.15) is 16.3 Å². The fraction of sp³-hybridized carbons (Fsp3) is 0. The van der Waals surface area contributed by atoms with Crippen molar-refractivity contribution < 1.29 is 4.42 Å². The molecule has 0 aliphatic heterocycles. The van der Waals surface area contributed by atoms with Gasteiger partial charge in [-0.25, -0.2) is 0 Å². The van der Waals surface area contributed by atoms with Crippen LogP contribution in [0.2, 0.25) is 0 Å². The van der Waals surface area contributed by atoms with Crippen molar-refractivity contribution in [3.05, 3.63) is 76.9 Å². The van der Waals surface area contributed by atoms with E-state index in [1.165, 1.54) is 0 Å².